The number of nitrogens with one attached hydrogen (secondary N) is 1. The van der Waals surface area contributed by atoms with Gasteiger partial charge in [-0.1, -0.05) is 42.5 Å². The third-order valence-corrected chi connectivity index (χ3v) is 3.05. The topological polar surface area (TPSA) is 86.6 Å². The molecule has 2 aromatic rings. The first kappa shape index (κ1) is 14.0. The van der Waals surface area contributed by atoms with Crippen molar-refractivity contribution in [1.29, 1.82) is 0 Å². The van der Waals surface area contributed by atoms with Crippen LogP contribution in [-0.4, -0.2) is 34.7 Å². The molecule has 0 heterocycles. The number of carbonyl (C=O) groups is 2. The zero-order valence-corrected chi connectivity index (χ0v) is 10.7. The van der Waals surface area contributed by atoms with Crippen molar-refractivity contribution in [3.05, 3.63) is 48.0 Å². The molecule has 0 aliphatic carbocycles. The molecule has 0 saturated carbocycles. The number of aliphatic carboxylic acids is 1. The first-order valence-corrected chi connectivity index (χ1v) is 6.21. The van der Waals surface area contributed by atoms with E-state index in [4.69, 9.17) is 10.2 Å². The average molecular weight is 273 g/mol. The lowest BCUT2D eigenvalue weighted by Crippen LogP contribution is -2.43. The van der Waals surface area contributed by atoms with E-state index >= 15 is 0 Å². The molecule has 104 valence electrons. The molecular weight excluding hydrogens is 258 g/mol. The molecule has 0 unspecified atom stereocenters. The van der Waals surface area contributed by atoms with Gasteiger partial charge in [-0.05, 0) is 16.3 Å². The minimum atomic E-state index is -1.27. The van der Waals surface area contributed by atoms with Gasteiger partial charge < -0.3 is 15.5 Å². The van der Waals surface area contributed by atoms with Crippen molar-refractivity contribution in [3.8, 4) is 0 Å². The lowest BCUT2D eigenvalue weighted by atomic mass is 10.0. The molecule has 5 nitrogen and oxygen atoms in total. The van der Waals surface area contributed by atoms with E-state index in [1.54, 1.807) is 0 Å². The van der Waals surface area contributed by atoms with Crippen LogP contribution in [0.15, 0.2) is 42.5 Å². The molecular formula is C15H15NO4. The highest BCUT2D eigenvalue weighted by atomic mass is 16.4. The second-order valence-corrected chi connectivity index (χ2v) is 4.46. The third-order valence-electron chi connectivity index (χ3n) is 3.05. The van der Waals surface area contributed by atoms with Crippen LogP contribution >= 0.6 is 0 Å². The Balaban J connectivity index is 2.16. The van der Waals surface area contributed by atoms with E-state index in [-0.39, 0.29) is 6.42 Å². The Morgan fingerprint density at radius 2 is 1.80 bits per heavy atom. The number of fused-ring (bicyclic) bond motifs is 1. The number of hydrogen-bond acceptors (Lipinski definition) is 3. The first-order valence-electron chi connectivity index (χ1n) is 6.21. The van der Waals surface area contributed by atoms with Crippen LogP contribution in [0.3, 0.4) is 0 Å². The summed E-state index contributed by atoms with van der Waals surface area (Å²) in [5, 5.41) is 21.9. The quantitative estimate of drug-likeness (QED) is 0.757. The Morgan fingerprint density at radius 1 is 1.10 bits per heavy atom. The Bertz CT molecular complexity index is 633. The van der Waals surface area contributed by atoms with Gasteiger partial charge >= 0.3 is 5.97 Å². The number of rotatable bonds is 5. The van der Waals surface area contributed by atoms with E-state index in [0.29, 0.717) is 0 Å². The van der Waals surface area contributed by atoms with Gasteiger partial charge in [-0.3, -0.25) is 4.79 Å². The number of benzene rings is 2. The van der Waals surface area contributed by atoms with Gasteiger partial charge in [0.1, 0.15) is 6.04 Å². The SMILES string of the molecule is O=C(Cc1cccc2ccccc12)N[C@H](CO)C(=O)O. The maximum atomic E-state index is 11.8. The van der Waals surface area contributed by atoms with E-state index in [1.165, 1.54) is 0 Å². The highest BCUT2D eigenvalue weighted by Gasteiger charge is 2.18. The van der Waals surface area contributed by atoms with Gasteiger partial charge in [0.05, 0.1) is 13.0 Å². The van der Waals surface area contributed by atoms with Crippen LogP contribution < -0.4 is 5.32 Å². The fraction of sp³-hybridized carbons (Fsp3) is 0.200. The molecule has 0 bridgehead atoms. The second kappa shape index (κ2) is 6.16. The minimum absolute atomic E-state index is 0.0745. The van der Waals surface area contributed by atoms with Crippen molar-refractivity contribution in [1.82, 2.24) is 5.32 Å². The molecule has 1 atom stereocenters. The number of carboxylic acid groups (broad SMARTS) is 1. The second-order valence-electron chi connectivity index (χ2n) is 4.46. The van der Waals surface area contributed by atoms with E-state index in [2.05, 4.69) is 5.32 Å². The molecule has 0 fully saturated rings. The summed E-state index contributed by atoms with van der Waals surface area (Å²) in [6, 6.07) is 12.0. The van der Waals surface area contributed by atoms with Crippen LogP contribution in [0.4, 0.5) is 0 Å². The summed E-state index contributed by atoms with van der Waals surface area (Å²) in [5.74, 6) is -1.68. The summed E-state index contributed by atoms with van der Waals surface area (Å²) < 4.78 is 0. The zero-order valence-electron chi connectivity index (χ0n) is 10.7. The summed E-state index contributed by atoms with van der Waals surface area (Å²) >= 11 is 0. The maximum absolute atomic E-state index is 11.8. The lowest BCUT2D eigenvalue weighted by Gasteiger charge is -2.12. The number of aliphatic hydroxyl groups excluding tert-OH is 1. The molecule has 20 heavy (non-hydrogen) atoms. The van der Waals surface area contributed by atoms with Crippen molar-refractivity contribution in [3.63, 3.8) is 0 Å². The fourth-order valence-electron chi connectivity index (χ4n) is 2.05. The largest absolute Gasteiger partial charge is 0.480 e. The highest BCUT2D eigenvalue weighted by Crippen LogP contribution is 2.18. The Kier molecular flexibility index (Phi) is 4.32. The normalized spacial score (nSPS) is 12.1. The summed E-state index contributed by atoms with van der Waals surface area (Å²) in [4.78, 5) is 22.6. The smallest absolute Gasteiger partial charge is 0.328 e. The monoisotopic (exact) mass is 273 g/mol. The fourth-order valence-corrected chi connectivity index (χ4v) is 2.05. The summed E-state index contributed by atoms with van der Waals surface area (Å²) in [6.45, 7) is -0.628. The number of carbonyl (C=O) groups excluding carboxylic acids is 1. The summed E-state index contributed by atoms with van der Waals surface area (Å²) in [6.07, 6.45) is 0.0745. The molecule has 1 amide bonds. The van der Waals surface area contributed by atoms with E-state index < -0.39 is 24.5 Å². The molecule has 2 rings (SSSR count). The average Bonchev–Trinajstić information content (AvgIpc) is 2.45. The van der Waals surface area contributed by atoms with Gasteiger partial charge in [-0.25, -0.2) is 4.79 Å². The number of aliphatic hydroxyl groups is 1. The van der Waals surface area contributed by atoms with Crippen molar-refractivity contribution >= 4 is 22.6 Å². The molecule has 0 aromatic heterocycles. The third kappa shape index (κ3) is 3.13. The van der Waals surface area contributed by atoms with Crippen LogP contribution in [-0.2, 0) is 16.0 Å². The highest BCUT2D eigenvalue weighted by molar-refractivity contribution is 5.91. The van der Waals surface area contributed by atoms with Crippen molar-refractivity contribution in [2.45, 2.75) is 12.5 Å². The molecule has 3 N–H and O–H groups in total. The summed E-state index contributed by atoms with van der Waals surface area (Å²) in [5.41, 5.74) is 0.822. The van der Waals surface area contributed by atoms with Gasteiger partial charge in [-0.2, -0.15) is 0 Å². The number of carboxylic acids is 1. The lowest BCUT2D eigenvalue weighted by molar-refractivity contribution is -0.142. The molecule has 0 radical (unpaired) electrons. The molecule has 0 aliphatic rings. The Morgan fingerprint density at radius 3 is 2.50 bits per heavy atom. The van der Waals surface area contributed by atoms with E-state index in [9.17, 15) is 9.59 Å². The predicted octanol–water partition coefficient (Wildman–Crippen LogP) is 0.944. The van der Waals surface area contributed by atoms with Crippen LogP contribution in [0.25, 0.3) is 10.8 Å². The molecule has 0 aliphatic heterocycles. The van der Waals surface area contributed by atoms with Crippen LogP contribution in [0.5, 0.6) is 0 Å². The van der Waals surface area contributed by atoms with Crippen LogP contribution in [0.1, 0.15) is 5.56 Å². The standard InChI is InChI=1S/C15H15NO4/c17-9-13(15(19)20)16-14(18)8-11-6-3-5-10-4-1-2-7-12(10)11/h1-7,13,17H,8-9H2,(H,16,18)(H,19,20)/t13-/m1/s1. The van der Waals surface area contributed by atoms with Gasteiger partial charge in [0.15, 0.2) is 0 Å². The Labute approximate surface area is 115 Å². The molecule has 0 spiro atoms. The minimum Gasteiger partial charge on any atom is -0.480 e. The van der Waals surface area contributed by atoms with Crippen molar-refractivity contribution in [2.24, 2.45) is 0 Å². The predicted molar refractivity (Wildman–Crippen MR) is 74.3 cm³/mol. The van der Waals surface area contributed by atoms with E-state index in [1.807, 2.05) is 42.5 Å². The van der Waals surface area contributed by atoms with Crippen molar-refractivity contribution < 1.29 is 19.8 Å². The van der Waals surface area contributed by atoms with Crippen molar-refractivity contribution in [2.75, 3.05) is 6.61 Å². The summed E-state index contributed by atoms with van der Waals surface area (Å²) in [7, 11) is 0. The van der Waals surface area contributed by atoms with Gasteiger partial charge in [-0.15, -0.1) is 0 Å². The van der Waals surface area contributed by atoms with E-state index in [0.717, 1.165) is 16.3 Å². The van der Waals surface area contributed by atoms with Gasteiger partial charge in [0.25, 0.3) is 0 Å². The molecule has 0 saturated heterocycles. The van der Waals surface area contributed by atoms with Crippen LogP contribution in [0, 0.1) is 0 Å². The number of hydrogen-bond donors (Lipinski definition) is 3. The molecule has 2 aromatic carbocycles. The van der Waals surface area contributed by atoms with Gasteiger partial charge in [0.2, 0.25) is 5.91 Å². The maximum Gasteiger partial charge on any atom is 0.328 e. The Hall–Kier alpha value is -2.40. The number of amides is 1. The van der Waals surface area contributed by atoms with Gasteiger partial charge in [0, 0.05) is 0 Å². The first-order chi connectivity index (χ1) is 9.61. The zero-order chi connectivity index (χ0) is 14.5. The molecule has 5 heteroatoms. The van der Waals surface area contributed by atoms with Crippen LogP contribution in [0.2, 0.25) is 0 Å².